The molecule has 0 bridgehead atoms. The average molecular weight is 317 g/mol. The molecule has 0 radical (unpaired) electrons. The second kappa shape index (κ2) is 5.82. The number of hydrogen-bond donors (Lipinski definition) is 0. The Morgan fingerprint density at radius 3 is 2.04 bits per heavy atom. The van der Waals surface area contributed by atoms with E-state index in [9.17, 15) is 0 Å². The van der Waals surface area contributed by atoms with Crippen molar-refractivity contribution in [2.24, 2.45) is 0 Å². The third-order valence-corrected chi connectivity index (χ3v) is 4.20. The third-order valence-electron chi connectivity index (χ3n) is 3.87. The Balaban J connectivity index is 1.75. The molecule has 0 saturated carbocycles. The van der Waals surface area contributed by atoms with Crippen LogP contribution in [0.5, 0.6) is 0 Å². The van der Waals surface area contributed by atoms with Crippen molar-refractivity contribution in [1.29, 1.82) is 0 Å². The number of hydrogen-bond acceptors (Lipinski definition) is 2. The van der Waals surface area contributed by atoms with E-state index >= 15 is 0 Å². The van der Waals surface area contributed by atoms with E-state index in [-0.39, 0.29) is 0 Å². The molecule has 0 amide bonds. The fourth-order valence-corrected chi connectivity index (χ4v) is 2.84. The van der Waals surface area contributed by atoms with Crippen LogP contribution in [0.1, 0.15) is 0 Å². The quantitative estimate of drug-likeness (QED) is 0.480. The van der Waals surface area contributed by atoms with Gasteiger partial charge in [0.15, 0.2) is 5.65 Å². The standard InChI is InChI=1S/C20H13ClN2/c21-19-10-11-22-20-18(19)12-17(13-23-20)16-8-6-15(7-9-16)14-4-2-1-3-5-14/h1-13H. The molecule has 0 spiro atoms. The van der Waals surface area contributed by atoms with Crippen LogP contribution in [0.2, 0.25) is 5.02 Å². The molecule has 110 valence electrons. The summed E-state index contributed by atoms with van der Waals surface area (Å²) in [4.78, 5) is 8.64. The molecule has 4 rings (SSSR count). The molecule has 0 aliphatic heterocycles. The first kappa shape index (κ1) is 13.9. The van der Waals surface area contributed by atoms with Crippen molar-refractivity contribution in [3.8, 4) is 22.3 Å². The van der Waals surface area contributed by atoms with Crippen molar-refractivity contribution in [2.75, 3.05) is 0 Å². The molecule has 2 aromatic heterocycles. The number of rotatable bonds is 2. The van der Waals surface area contributed by atoms with Crippen LogP contribution in [0.15, 0.2) is 79.1 Å². The summed E-state index contributed by atoms with van der Waals surface area (Å²) in [5.41, 5.74) is 5.22. The van der Waals surface area contributed by atoms with Crippen molar-refractivity contribution < 1.29 is 0 Å². The van der Waals surface area contributed by atoms with Gasteiger partial charge in [-0.2, -0.15) is 0 Å². The molecule has 0 aliphatic rings. The van der Waals surface area contributed by atoms with Gasteiger partial charge < -0.3 is 0 Å². The number of halogens is 1. The minimum absolute atomic E-state index is 0.669. The maximum atomic E-state index is 6.24. The Kier molecular flexibility index (Phi) is 3.52. The molecule has 0 aliphatic carbocycles. The van der Waals surface area contributed by atoms with E-state index in [0.29, 0.717) is 10.7 Å². The Morgan fingerprint density at radius 1 is 0.652 bits per heavy atom. The minimum atomic E-state index is 0.669. The predicted molar refractivity (Wildman–Crippen MR) is 95.4 cm³/mol. The molecular weight excluding hydrogens is 304 g/mol. The second-order valence-electron chi connectivity index (χ2n) is 5.33. The highest BCUT2D eigenvalue weighted by Crippen LogP contribution is 2.28. The monoisotopic (exact) mass is 316 g/mol. The Hall–Kier alpha value is -2.71. The first-order valence-corrected chi connectivity index (χ1v) is 7.75. The van der Waals surface area contributed by atoms with Gasteiger partial charge >= 0.3 is 0 Å². The van der Waals surface area contributed by atoms with E-state index in [0.717, 1.165) is 16.5 Å². The lowest BCUT2D eigenvalue weighted by Crippen LogP contribution is -1.87. The highest BCUT2D eigenvalue weighted by Gasteiger charge is 2.05. The number of benzene rings is 2. The molecule has 3 heteroatoms. The van der Waals surface area contributed by atoms with Crippen LogP contribution in [-0.2, 0) is 0 Å². The van der Waals surface area contributed by atoms with E-state index in [1.54, 1.807) is 12.3 Å². The predicted octanol–water partition coefficient (Wildman–Crippen LogP) is 5.62. The number of fused-ring (bicyclic) bond motifs is 1. The zero-order valence-corrected chi connectivity index (χ0v) is 13.0. The van der Waals surface area contributed by atoms with Gasteiger partial charge in [-0.15, -0.1) is 0 Å². The first-order chi connectivity index (χ1) is 11.3. The van der Waals surface area contributed by atoms with Crippen LogP contribution in [-0.4, -0.2) is 9.97 Å². The molecule has 0 N–H and O–H groups in total. The Labute approximate surface area is 139 Å². The lowest BCUT2D eigenvalue weighted by molar-refractivity contribution is 1.29. The fourth-order valence-electron chi connectivity index (χ4n) is 2.64. The molecule has 0 saturated heterocycles. The van der Waals surface area contributed by atoms with Gasteiger partial charge in [0.1, 0.15) is 0 Å². The van der Waals surface area contributed by atoms with Gasteiger partial charge in [0.2, 0.25) is 0 Å². The summed E-state index contributed by atoms with van der Waals surface area (Å²) < 4.78 is 0. The molecule has 23 heavy (non-hydrogen) atoms. The summed E-state index contributed by atoms with van der Waals surface area (Å²) in [6, 6.07) is 22.6. The molecule has 4 aromatic rings. The van der Waals surface area contributed by atoms with Crippen LogP contribution in [0, 0.1) is 0 Å². The summed E-state index contributed by atoms with van der Waals surface area (Å²) >= 11 is 6.24. The van der Waals surface area contributed by atoms with E-state index in [1.807, 2.05) is 30.5 Å². The summed E-state index contributed by atoms with van der Waals surface area (Å²) in [6.45, 7) is 0. The summed E-state index contributed by atoms with van der Waals surface area (Å²) in [5.74, 6) is 0. The van der Waals surface area contributed by atoms with Crippen molar-refractivity contribution in [2.45, 2.75) is 0 Å². The lowest BCUT2D eigenvalue weighted by atomic mass is 10.0. The molecular formula is C20H13ClN2. The zero-order valence-electron chi connectivity index (χ0n) is 12.3. The molecule has 2 heterocycles. The van der Waals surface area contributed by atoms with Crippen LogP contribution >= 0.6 is 11.6 Å². The van der Waals surface area contributed by atoms with Crippen LogP contribution < -0.4 is 0 Å². The maximum Gasteiger partial charge on any atom is 0.160 e. The fraction of sp³-hybridized carbons (Fsp3) is 0. The number of nitrogens with zero attached hydrogens (tertiary/aromatic N) is 2. The smallest absolute Gasteiger partial charge is 0.160 e. The average Bonchev–Trinajstić information content (AvgIpc) is 2.63. The van der Waals surface area contributed by atoms with Gasteiger partial charge in [0.05, 0.1) is 5.02 Å². The van der Waals surface area contributed by atoms with Crippen molar-refractivity contribution in [3.63, 3.8) is 0 Å². The van der Waals surface area contributed by atoms with Gasteiger partial charge in [-0.05, 0) is 28.8 Å². The molecule has 0 unspecified atom stereocenters. The first-order valence-electron chi connectivity index (χ1n) is 7.37. The third kappa shape index (κ3) is 2.69. The van der Waals surface area contributed by atoms with E-state index in [2.05, 4.69) is 46.4 Å². The maximum absolute atomic E-state index is 6.24. The molecule has 0 fully saturated rings. The van der Waals surface area contributed by atoms with E-state index in [1.165, 1.54) is 11.1 Å². The minimum Gasteiger partial charge on any atom is -0.237 e. The molecule has 2 aromatic carbocycles. The zero-order chi connectivity index (χ0) is 15.6. The highest BCUT2D eigenvalue weighted by atomic mass is 35.5. The number of aromatic nitrogens is 2. The van der Waals surface area contributed by atoms with Gasteiger partial charge in [-0.25, -0.2) is 9.97 Å². The van der Waals surface area contributed by atoms with Gasteiger partial charge in [-0.1, -0.05) is 66.2 Å². The van der Waals surface area contributed by atoms with E-state index < -0.39 is 0 Å². The topological polar surface area (TPSA) is 25.8 Å². The van der Waals surface area contributed by atoms with Gasteiger partial charge in [0, 0.05) is 23.3 Å². The highest BCUT2D eigenvalue weighted by molar-refractivity contribution is 6.35. The normalized spacial score (nSPS) is 10.8. The largest absolute Gasteiger partial charge is 0.237 e. The van der Waals surface area contributed by atoms with Gasteiger partial charge in [0.25, 0.3) is 0 Å². The summed E-state index contributed by atoms with van der Waals surface area (Å²) in [5, 5.41) is 1.55. The van der Waals surface area contributed by atoms with Crippen molar-refractivity contribution in [3.05, 3.63) is 84.1 Å². The molecule has 2 nitrogen and oxygen atoms in total. The second-order valence-corrected chi connectivity index (χ2v) is 5.74. The SMILES string of the molecule is Clc1ccnc2ncc(-c3ccc(-c4ccccc4)cc3)cc12. The summed E-state index contributed by atoms with van der Waals surface area (Å²) in [6.07, 6.45) is 3.51. The molecule has 0 atom stereocenters. The Morgan fingerprint density at radius 2 is 1.30 bits per heavy atom. The van der Waals surface area contributed by atoms with Crippen molar-refractivity contribution >= 4 is 22.6 Å². The van der Waals surface area contributed by atoms with Crippen molar-refractivity contribution in [1.82, 2.24) is 9.97 Å². The van der Waals surface area contributed by atoms with Gasteiger partial charge in [-0.3, -0.25) is 0 Å². The van der Waals surface area contributed by atoms with Crippen LogP contribution in [0.4, 0.5) is 0 Å². The van der Waals surface area contributed by atoms with Crippen LogP contribution in [0.25, 0.3) is 33.3 Å². The number of pyridine rings is 2. The van der Waals surface area contributed by atoms with Crippen LogP contribution in [0.3, 0.4) is 0 Å². The lowest BCUT2D eigenvalue weighted by Gasteiger charge is -2.06. The Bertz CT molecular complexity index is 964. The summed E-state index contributed by atoms with van der Waals surface area (Å²) in [7, 11) is 0. The van der Waals surface area contributed by atoms with E-state index in [4.69, 9.17) is 11.6 Å².